The predicted octanol–water partition coefficient (Wildman–Crippen LogP) is 1.80. The Balaban J connectivity index is 1.86. The fourth-order valence-corrected chi connectivity index (χ4v) is 3.28. The first-order valence-corrected chi connectivity index (χ1v) is 6.97. The molecule has 2 aliphatic rings. The quantitative estimate of drug-likeness (QED) is 0.778. The van der Waals surface area contributed by atoms with Gasteiger partial charge in [-0.05, 0) is 24.7 Å². The van der Waals surface area contributed by atoms with Crippen LogP contribution < -0.4 is 5.73 Å². The molecule has 2 N–H and O–H groups in total. The van der Waals surface area contributed by atoms with Crippen LogP contribution in [0, 0.1) is 23.7 Å². The van der Waals surface area contributed by atoms with Gasteiger partial charge in [0.2, 0.25) is 5.91 Å². The molecule has 0 aromatic rings. The molecule has 2 fully saturated rings. The van der Waals surface area contributed by atoms with Gasteiger partial charge in [0, 0.05) is 25.4 Å². The first-order valence-electron chi connectivity index (χ1n) is 6.56. The van der Waals surface area contributed by atoms with Crippen LogP contribution in [-0.4, -0.2) is 29.4 Å². The highest BCUT2D eigenvalue weighted by molar-refractivity contribution is 7.80. The van der Waals surface area contributed by atoms with Crippen LogP contribution in [0.25, 0.3) is 0 Å². The fraction of sp³-hybridized carbons (Fsp3) is 0.846. The van der Waals surface area contributed by atoms with E-state index in [4.69, 9.17) is 18.0 Å². The van der Waals surface area contributed by atoms with Crippen LogP contribution in [-0.2, 0) is 4.79 Å². The molecule has 2 saturated carbocycles. The van der Waals surface area contributed by atoms with E-state index in [1.54, 1.807) is 0 Å². The van der Waals surface area contributed by atoms with E-state index in [1.807, 2.05) is 18.9 Å². The minimum atomic E-state index is 0.111. The second kappa shape index (κ2) is 4.92. The van der Waals surface area contributed by atoms with Gasteiger partial charge in [-0.3, -0.25) is 4.79 Å². The Morgan fingerprint density at radius 1 is 1.41 bits per heavy atom. The van der Waals surface area contributed by atoms with Crippen molar-refractivity contribution in [2.75, 3.05) is 13.6 Å². The van der Waals surface area contributed by atoms with E-state index in [9.17, 15) is 4.79 Å². The summed E-state index contributed by atoms with van der Waals surface area (Å²) in [4.78, 5) is 14.6. The Morgan fingerprint density at radius 2 is 1.94 bits per heavy atom. The molecule has 4 heteroatoms. The van der Waals surface area contributed by atoms with E-state index in [2.05, 4.69) is 0 Å². The zero-order valence-corrected chi connectivity index (χ0v) is 11.5. The summed E-state index contributed by atoms with van der Waals surface area (Å²) in [6, 6.07) is 0. The third-order valence-corrected chi connectivity index (χ3v) is 4.75. The third-order valence-electron chi connectivity index (χ3n) is 4.35. The zero-order chi connectivity index (χ0) is 12.6. The lowest BCUT2D eigenvalue weighted by molar-refractivity contribution is -0.132. The normalized spacial score (nSPS) is 32.5. The van der Waals surface area contributed by atoms with Crippen molar-refractivity contribution >= 4 is 23.1 Å². The van der Waals surface area contributed by atoms with Crippen LogP contribution in [0.3, 0.4) is 0 Å². The van der Waals surface area contributed by atoms with E-state index in [1.165, 1.54) is 25.7 Å². The van der Waals surface area contributed by atoms with Crippen molar-refractivity contribution in [1.82, 2.24) is 4.90 Å². The smallest absolute Gasteiger partial charge is 0.226 e. The fourth-order valence-electron chi connectivity index (χ4n) is 3.20. The Kier molecular flexibility index (Phi) is 3.71. The minimum absolute atomic E-state index is 0.111. The van der Waals surface area contributed by atoms with Crippen molar-refractivity contribution in [2.45, 2.75) is 32.6 Å². The van der Waals surface area contributed by atoms with Crippen molar-refractivity contribution in [3.8, 4) is 0 Å². The number of thiocarbonyl (C=S) groups is 1. The molecule has 3 atom stereocenters. The van der Waals surface area contributed by atoms with Crippen molar-refractivity contribution in [3.05, 3.63) is 0 Å². The first kappa shape index (κ1) is 12.8. The number of rotatable bonds is 4. The lowest BCUT2D eigenvalue weighted by Gasteiger charge is -2.21. The molecule has 0 saturated heterocycles. The van der Waals surface area contributed by atoms with Gasteiger partial charge in [-0.25, -0.2) is 0 Å². The summed E-state index contributed by atoms with van der Waals surface area (Å²) in [6.07, 6.45) is 5.11. The molecule has 3 nitrogen and oxygen atoms in total. The Bertz CT molecular complexity index is 319. The summed E-state index contributed by atoms with van der Waals surface area (Å²) in [5.74, 6) is 2.09. The number of nitrogens with two attached hydrogens (primary N) is 1. The molecular formula is C13H22N2OS. The van der Waals surface area contributed by atoms with Crippen LogP contribution in [0.15, 0.2) is 0 Å². The maximum Gasteiger partial charge on any atom is 0.226 e. The number of hydrogen-bond donors (Lipinski definition) is 1. The number of carbonyl (C=O) groups excluding carboxylic acids is 1. The maximum atomic E-state index is 12.3. The molecule has 96 valence electrons. The van der Waals surface area contributed by atoms with Crippen molar-refractivity contribution in [2.24, 2.45) is 29.4 Å². The second-order valence-electron chi connectivity index (χ2n) is 5.66. The molecule has 0 aromatic heterocycles. The number of amides is 1. The molecule has 3 unspecified atom stereocenters. The standard InChI is InChI=1S/C13H22N2OS/c1-8(12(14)17)7-15(2)13(16)11-9-5-3-4-6-10(9)11/h8-11H,3-7H2,1-2H3,(H2,14,17). The molecule has 1 amide bonds. The van der Waals surface area contributed by atoms with E-state index in [-0.39, 0.29) is 5.92 Å². The summed E-state index contributed by atoms with van der Waals surface area (Å²) in [5, 5.41) is 0. The predicted molar refractivity (Wildman–Crippen MR) is 72.5 cm³/mol. The van der Waals surface area contributed by atoms with Crippen molar-refractivity contribution in [1.29, 1.82) is 0 Å². The number of fused-ring (bicyclic) bond motifs is 1. The van der Waals surface area contributed by atoms with Crippen molar-refractivity contribution < 1.29 is 4.79 Å². The highest BCUT2D eigenvalue weighted by Crippen LogP contribution is 2.55. The van der Waals surface area contributed by atoms with Crippen LogP contribution in [0.2, 0.25) is 0 Å². The number of hydrogen-bond acceptors (Lipinski definition) is 2. The highest BCUT2D eigenvalue weighted by Gasteiger charge is 2.55. The summed E-state index contributed by atoms with van der Waals surface area (Å²) in [5.41, 5.74) is 5.59. The van der Waals surface area contributed by atoms with Gasteiger partial charge in [-0.15, -0.1) is 0 Å². The summed E-state index contributed by atoms with van der Waals surface area (Å²) in [6.45, 7) is 2.64. The van der Waals surface area contributed by atoms with Gasteiger partial charge in [-0.1, -0.05) is 32.0 Å². The van der Waals surface area contributed by atoms with E-state index < -0.39 is 0 Å². The minimum Gasteiger partial charge on any atom is -0.393 e. The average molecular weight is 254 g/mol. The third kappa shape index (κ3) is 2.62. The van der Waals surface area contributed by atoms with E-state index in [0.717, 1.165) is 0 Å². The molecule has 2 rings (SSSR count). The van der Waals surface area contributed by atoms with E-state index >= 15 is 0 Å². The molecule has 2 aliphatic carbocycles. The van der Waals surface area contributed by atoms with Gasteiger partial charge in [0.1, 0.15) is 0 Å². The van der Waals surface area contributed by atoms with Gasteiger partial charge in [0.25, 0.3) is 0 Å². The van der Waals surface area contributed by atoms with Crippen molar-refractivity contribution in [3.63, 3.8) is 0 Å². The summed E-state index contributed by atoms with van der Waals surface area (Å²) >= 11 is 4.95. The Hall–Kier alpha value is -0.640. The summed E-state index contributed by atoms with van der Waals surface area (Å²) < 4.78 is 0. The number of nitrogens with zero attached hydrogens (tertiary/aromatic N) is 1. The monoisotopic (exact) mass is 254 g/mol. The molecule has 0 spiro atoms. The Labute approximate surface area is 109 Å². The molecule has 0 bridgehead atoms. The lowest BCUT2D eigenvalue weighted by atomic mass is 10.0. The maximum absolute atomic E-state index is 12.3. The van der Waals surface area contributed by atoms with Gasteiger partial charge in [-0.2, -0.15) is 0 Å². The number of carbonyl (C=O) groups is 1. The molecule has 17 heavy (non-hydrogen) atoms. The van der Waals surface area contributed by atoms with Crippen LogP contribution in [0.4, 0.5) is 0 Å². The van der Waals surface area contributed by atoms with E-state index in [0.29, 0.717) is 35.2 Å². The molecule has 0 aliphatic heterocycles. The second-order valence-corrected chi connectivity index (χ2v) is 6.13. The average Bonchev–Trinajstić information content (AvgIpc) is 3.01. The molecule has 0 aromatic carbocycles. The molecule has 0 heterocycles. The van der Waals surface area contributed by atoms with Gasteiger partial charge < -0.3 is 10.6 Å². The SMILES string of the molecule is CC(CN(C)C(=O)C1C2CCCCC21)C(N)=S. The van der Waals surface area contributed by atoms with Crippen LogP contribution in [0.5, 0.6) is 0 Å². The lowest BCUT2D eigenvalue weighted by Crippen LogP contribution is -2.36. The summed E-state index contributed by atoms with van der Waals surface area (Å²) in [7, 11) is 1.88. The Morgan fingerprint density at radius 3 is 2.41 bits per heavy atom. The highest BCUT2D eigenvalue weighted by atomic mass is 32.1. The molecule has 0 radical (unpaired) electrons. The van der Waals surface area contributed by atoms with Gasteiger partial charge in [0.15, 0.2) is 0 Å². The topological polar surface area (TPSA) is 46.3 Å². The largest absolute Gasteiger partial charge is 0.393 e. The molecular weight excluding hydrogens is 232 g/mol. The first-order chi connectivity index (χ1) is 8.02. The van der Waals surface area contributed by atoms with Crippen LogP contribution >= 0.6 is 12.2 Å². The van der Waals surface area contributed by atoms with Gasteiger partial charge >= 0.3 is 0 Å². The van der Waals surface area contributed by atoms with Gasteiger partial charge in [0.05, 0.1) is 4.99 Å². The zero-order valence-electron chi connectivity index (χ0n) is 10.7. The van der Waals surface area contributed by atoms with Crippen LogP contribution in [0.1, 0.15) is 32.6 Å².